The van der Waals surface area contributed by atoms with Crippen molar-refractivity contribution in [1.29, 1.82) is 0 Å². The highest BCUT2D eigenvalue weighted by Gasteiger charge is 2.23. The molecule has 23 heavy (non-hydrogen) atoms. The van der Waals surface area contributed by atoms with Crippen LogP contribution in [0.4, 0.5) is 0 Å². The summed E-state index contributed by atoms with van der Waals surface area (Å²) in [6.07, 6.45) is 0. The van der Waals surface area contributed by atoms with Crippen molar-refractivity contribution < 1.29 is 14.7 Å². The molecule has 3 aromatic rings. The van der Waals surface area contributed by atoms with Crippen LogP contribution in [0.5, 0.6) is 0 Å². The molecule has 1 aromatic heterocycles. The standard InChI is InChI=1S/C15H11ClN4O3/c16-10-4-1-8(2-5-10)13(14(17)21)20-12-6-3-9(15(22)23)7-11(12)18-19-20/h1-7,13H,(H2,17,21)(H,22,23). The molecule has 2 aromatic carbocycles. The Morgan fingerprint density at radius 2 is 1.87 bits per heavy atom. The van der Waals surface area contributed by atoms with Crippen molar-refractivity contribution in [1.82, 2.24) is 15.0 Å². The van der Waals surface area contributed by atoms with E-state index in [0.29, 0.717) is 21.6 Å². The number of amides is 1. The molecule has 0 radical (unpaired) electrons. The molecule has 0 aliphatic rings. The van der Waals surface area contributed by atoms with Crippen LogP contribution in [0.15, 0.2) is 42.5 Å². The second-order valence-electron chi connectivity index (χ2n) is 4.90. The van der Waals surface area contributed by atoms with E-state index < -0.39 is 17.9 Å². The van der Waals surface area contributed by atoms with E-state index in [1.807, 2.05) is 0 Å². The lowest BCUT2D eigenvalue weighted by atomic mass is 10.1. The molecule has 0 saturated heterocycles. The maximum absolute atomic E-state index is 11.9. The van der Waals surface area contributed by atoms with Crippen molar-refractivity contribution in [3.8, 4) is 0 Å². The summed E-state index contributed by atoms with van der Waals surface area (Å²) in [5, 5.41) is 17.4. The number of carbonyl (C=O) groups excluding carboxylic acids is 1. The van der Waals surface area contributed by atoms with Crippen LogP contribution in [-0.4, -0.2) is 32.0 Å². The normalized spacial score (nSPS) is 12.2. The molecule has 116 valence electrons. The van der Waals surface area contributed by atoms with Crippen molar-refractivity contribution >= 4 is 34.5 Å². The van der Waals surface area contributed by atoms with Crippen LogP contribution in [0, 0.1) is 0 Å². The van der Waals surface area contributed by atoms with Crippen LogP contribution < -0.4 is 5.73 Å². The summed E-state index contributed by atoms with van der Waals surface area (Å²) < 4.78 is 1.37. The van der Waals surface area contributed by atoms with Gasteiger partial charge in [0.2, 0.25) is 5.91 Å². The molecule has 3 rings (SSSR count). The van der Waals surface area contributed by atoms with Gasteiger partial charge in [-0.1, -0.05) is 28.9 Å². The van der Waals surface area contributed by atoms with Gasteiger partial charge in [-0.3, -0.25) is 4.79 Å². The van der Waals surface area contributed by atoms with Crippen LogP contribution in [0.2, 0.25) is 5.02 Å². The first kappa shape index (κ1) is 15.0. The lowest BCUT2D eigenvalue weighted by Crippen LogP contribution is -2.28. The average Bonchev–Trinajstić information content (AvgIpc) is 2.92. The Morgan fingerprint density at radius 3 is 2.48 bits per heavy atom. The van der Waals surface area contributed by atoms with Gasteiger partial charge in [-0.2, -0.15) is 0 Å². The quantitative estimate of drug-likeness (QED) is 0.758. The van der Waals surface area contributed by atoms with E-state index in [1.54, 1.807) is 30.3 Å². The first-order valence-electron chi connectivity index (χ1n) is 6.60. The third-order valence-electron chi connectivity index (χ3n) is 3.42. The number of hydrogen-bond donors (Lipinski definition) is 2. The van der Waals surface area contributed by atoms with Gasteiger partial charge in [0, 0.05) is 5.02 Å². The van der Waals surface area contributed by atoms with E-state index in [0.717, 1.165) is 0 Å². The number of rotatable bonds is 4. The molecule has 0 aliphatic carbocycles. The maximum Gasteiger partial charge on any atom is 0.335 e. The number of nitrogens with zero attached hydrogens (tertiary/aromatic N) is 3. The number of carboxylic acid groups (broad SMARTS) is 1. The number of fused-ring (bicyclic) bond motifs is 1. The number of carboxylic acids is 1. The summed E-state index contributed by atoms with van der Waals surface area (Å²) in [6, 6.07) is 10.1. The molecule has 1 heterocycles. The Morgan fingerprint density at radius 1 is 1.17 bits per heavy atom. The highest BCUT2D eigenvalue weighted by molar-refractivity contribution is 6.30. The fourth-order valence-corrected chi connectivity index (χ4v) is 2.46. The van der Waals surface area contributed by atoms with Gasteiger partial charge < -0.3 is 10.8 Å². The largest absolute Gasteiger partial charge is 0.478 e. The predicted octanol–water partition coefficient (Wildman–Crippen LogP) is 1.86. The lowest BCUT2D eigenvalue weighted by Gasteiger charge is -2.14. The molecule has 0 bridgehead atoms. The number of hydrogen-bond acceptors (Lipinski definition) is 4. The third kappa shape index (κ3) is 2.74. The first-order valence-corrected chi connectivity index (χ1v) is 6.98. The van der Waals surface area contributed by atoms with Gasteiger partial charge in [-0.15, -0.1) is 5.10 Å². The summed E-state index contributed by atoms with van der Waals surface area (Å²) in [4.78, 5) is 22.9. The molecule has 7 nitrogen and oxygen atoms in total. The zero-order chi connectivity index (χ0) is 16.6. The van der Waals surface area contributed by atoms with Crippen LogP contribution in [0.3, 0.4) is 0 Å². The van der Waals surface area contributed by atoms with Gasteiger partial charge in [0.15, 0.2) is 6.04 Å². The number of aromatic carboxylic acids is 1. The second-order valence-corrected chi connectivity index (χ2v) is 5.34. The van der Waals surface area contributed by atoms with E-state index in [4.69, 9.17) is 22.4 Å². The minimum atomic E-state index is -1.06. The van der Waals surface area contributed by atoms with Crippen LogP contribution in [0.1, 0.15) is 22.0 Å². The fraction of sp³-hybridized carbons (Fsp3) is 0.0667. The SMILES string of the molecule is NC(=O)C(c1ccc(Cl)cc1)n1nnc2cc(C(=O)O)ccc21. The Bertz CT molecular complexity index is 905. The average molecular weight is 331 g/mol. The molecule has 0 aliphatic heterocycles. The van der Waals surface area contributed by atoms with Crippen LogP contribution in [-0.2, 0) is 4.79 Å². The second kappa shape index (κ2) is 5.69. The smallest absolute Gasteiger partial charge is 0.335 e. The van der Waals surface area contributed by atoms with E-state index in [2.05, 4.69) is 10.3 Å². The van der Waals surface area contributed by atoms with Crippen molar-refractivity contribution in [2.75, 3.05) is 0 Å². The number of nitrogens with two attached hydrogens (primary N) is 1. The molecule has 3 N–H and O–H groups in total. The van der Waals surface area contributed by atoms with Crippen molar-refractivity contribution in [3.63, 3.8) is 0 Å². The predicted molar refractivity (Wildman–Crippen MR) is 83.3 cm³/mol. The molecule has 1 unspecified atom stereocenters. The number of aromatic nitrogens is 3. The highest BCUT2D eigenvalue weighted by Crippen LogP contribution is 2.24. The van der Waals surface area contributed by atoms with E-state index in [1.165, 1.54) is 16.8 Å². The van der Waals surface area contributed by atoms with Gasteiger partial charge >= 0.3 is 5.97 Å². The summed E-state index contributed by atoms with van der Waals surface area (Å²) in [5.74, 6) is -1.67. The molecule has 1 atom stereocenters. The number of carbonyl (C=O) groups is 2. The van der Waals surface area contributed by atoms with Crippen molar-refractivity contribution in [3.05, 3.63) is 58.6 Å². The van der Waals surface area contributed by atoms with Crippen LogP contribution >= 0.6 is 11.6 Å². The number of halogens is 1. The monoisotopic (exact) mass is 330 g/mol. The Hall–Kier alpha value is -2.93. The third-order valence-corrected chi connectivity index (χ3v) is 3.67. The lowest BCUT2D eigenvalue weighted by molar-refractivity contribution is -0.120. The van der Waals surface area contributed by atoms with Crippen molar-refractivity contribution in [2.45, 2.75) is 6.04 Å². The number of benzene rings is 2. The molecular weight excluding hydrogens is 320 g/mol. The highest BCUT2D eigenvalue weighted by atomic mass is 35.5. The Balaban J connectivity index is 2.13. The zero-order valence-electron chi connectivity index (χ0n) is 11.7. The minimum Gasteiger partial charge on any atom is -0.478 e. The van der Waals surface area contributed by atoms with Gasteiger partial charge in [0.25, 0.3) is 0 Å². The van der Waals surface area contributed by atoms with E-state index >= 15 is 0 Å². The molecule has 0 fully saturated rings. The summed E-state index contributed by atoms with van der Waals surface area (Å²) in [5.41, 5.74) is 7.08. The topological polar surface area (TPSA) is 111 Å². The van der Waals surface area contributed by atoms with Gasteiger partial charge in [0.05, 0.1) is 11.1 Å². The van der Waals surface area contributed by atoms with E-state index in [9.17, 15) is 9.59 Å². The minimum absolute atomic E-state index is 0.0895. The molecule has 0 spiro atoms. The summed E-state index contributed by atoms with van der Waals surface area (Å²) in [7, 11) is 0. The summed E-state index contributed by atoms with van der Waals surface area (Å²) in [6.45, 7) is 0. The summed E-state index contributed by atoms with van der Waals surface area (Å²) >= 11 is 5.86. The maximum atomic E-state index is 11.9. The van der Waals surface area contributed by atoms with Crippen LogP contribution in [0.25, 0.3) is 11.0 Å². The van der Waals surface area contributed by atoms with Crippen molar-refractivity contribution in [2.24, 2.45) is 5.73 Å². The molecule has 1 amide bonds. The molecule has 0 saturated carbocycles. The van der Waals surface area contributed by atoms with Gasteiger partial charge in [-0.25, -0.2) is 9.48 Å². The fourth-order valence-electron chi connectivity index (χ4n) is 2.34. The van der Waals surface area contributed by atoms with Gasteiger partial charge in [-0.05, 0) is 35.9 Å². The van der Waals surface area contributed by atoms with Gasteiger partial charge in [0.1, 0.15) is 5.52 Å². The number of primary amides is 1. The first-order chi connectivity index (χ1) is 11.0. The molecular formula is C15H11ClN4O3. The Kier molecular flexibility index (Phi) is 3.71. The zero-order valence-corrected chi connectivity index (χ0v) is 12.4. The molecule has 8 heteroatoms. The van der Waals surface area contributed by atoms with E-state index in [-0.39, 0.29) is 5.56 Å². The Labute approximate surface area is 135 Å².